The second kappa shape index (κ2) is 6.41. The fourth-order valence-electron chi connectivity index (χ4n) is 1.80. The Hall–Kier alpha value is -0.0400. The van der Waals surface area contributed by atoms with Crippen molar-refractivity contribution in [3.05, 3.63) is 32.4 Å². The number of amides is 1. The van der Waals surface area contributed by atoms with E-state index in [2.05, 4.69) is 27.9 Å². The topological polar surface area (TPSA) is 55.1 Å². The second-order valence-corrected chi connectivity index (χ2v) is 6.10. The van der Waals surface area contributed by atoms with Gasteiger partial charge in [0.05, 0.1) is 5.02 Å². The predicted octanol–water partition coefficient (Wildman–Crippen LogP) is 2.98. The Morgan fingerprint density at radius 3 is 2.67 bits per heavy atom. The molecule has 3 N–H and O–H groups in total. The van der Waals surface area contributed by atoms with Crippen LogP contribution in [0.3, 0.4) is 0 Å². The van der Waals surface area contributed by atoms with E-state index in [4.69, 9.17) is 17.3 Å². The first-order valence-electron chi connectivity index (χ1n) is 5.52. The Morgan fingerprint density at radius 1 is 1.50 bits per heavy atom. The lowest BCUT2D eigenvalue weighted by Gasteiger charge is -2.38. The summed E-state index contributed by atoms with van der Waals surface area (Å²) in [5.74, 6) is -0.111. The molecule has 0 bridgehead atoms. The summed E-state index contributed by atoms with van der Waals surface area (Å²) in [4.78, 5) is 11.9. The third-order valence-electron chi connectivity index (χ3n) is 3.13. The van der Waals surface area contributed by atoms with Crippen molar-refractivity contribution in [3.8, 4) is 0 Å². The van der Waals surface area contributed by atoms with E-state index >= 15 is 0 Å². The van der Waals surface area contributed by atoms with E-state index in [1.54, 1.807) is 12.1 Å². The minimum absolute atomic E-state index is 0. The van der Waals surface area contributed by atoms with Gasteiger partial charge in [0.15, 0.2) is 0 Å². The highest BCUT2D eigenvalue weighted by atomic mass is 127. The number of benzene rings is 1. The van der Waals surface area contributed by atoms with Gasteiger partial charge in [0.1, 0.15) is 0 Å². The highest BCUT2D eigenvalue weighted by molar-refractivity contribution is 14.1. The van der Waals surface area contributed by atoms with Gasteiger partial charge in [-0.3, -0.25) is 4.79 Å². The maximum Gasteiger partial charge on any atom is 0.251 e. The number of rotatable bonds is 3. The molecule has 1 aliphatic carbocycles. The fraction of sp³-hybridized carbons (Fsp3) is 0.417. The van der Waals surface area contributed by atoms with Gasteiger partial charge < -0.3 is 11.1 Å². The average Bonchev–Trinajstić information content (AvgIpc) is 2.27. The Morgan fingerprint density at radius 2 is 2.17 bits per heavy atom. The molecular weight excluding hydrogens is 386 g/mol. The summed E-state index contributed by atoms with van der Waals surface area (Å²) >= 11 is 8.10. The normalized spacial score (nSPS) is 16.4. The van der Waals surface area contributed by atoms with Gasteiger partial charge in [0.2, 0.25) is 0 Å². The van der Waals surface area contributed by atoms with E-state index in [1.165, 1.54) is 0 Å². The van der Waals surface area contributed by atoms with Gasteiger partial charge in [-0.2, -0.15) is 0 Å². The van der Waals surface area contributed by atoms with E-state index in [-0.39, 0.29) is 23.9 Å². The molecule has 1 saturated carbocycles. The first kappa shape index (κ1) is 16.0. The molecule has 0 atom stereocenters. The first-order valence-corrected chi connectivity index (χ1v) is 6.98. The van der Waals surface area contributed by atoms with Crippen molar-refractivity contribution in [1.29, 1.82) is 0 Å². The van der Waals surface area contributed by atoms with Crippen molar-refractivity contribution in [2.24, 2.45) is 5.73 Å². The summed E-state index contributed by atoms with van der Waals surface area (Å²) in [6.45, 7) is 0.537. The molecule has 18 heavy (non-hydrogen) atoms. The summed E-state index contributed by atoms with van der Waals surface area (Å²) in [7, 11) is 0. The van der Waals surface area contributed by atoms with Gasteiger partial charge in [0, 0.05) is 21.2 Å². The van der Waals surface area contributed by atoms with Crippen molar-refractivity contribution in [2.45, 2.75) is 24.8 Å². The van der Waals surface area contributed by atoms with Gasteiger partial charge in [-0.05, 0) is 60.1 Å². The van der Waals surface area contributed by atoms with Gasteiger partial charge in [-0.1, -0.05) is 11.6 Å². The summed E-state index contributed by atoms with van der Waals surface area (Å²) in [6.07, 6.45) is 3.13. The quantitative estimate of drug-likeness (QED) is 0.766. The predicted molar refractivity (Wildman–Crippen MR) is 84.5 cm³/mol. The molecule has 3 nitrogen and oxygen atoms in total. The highest BCUT2D eigenvalue weighted by Crippen LogP contribution is 2.28. The third kappa shape index (κ3) is 3.73. The number of nitrogens with one attached hydrogen (secondary N) is 1. The van der Waals surface area contributed by atoms with E-state index in [0.29, 0.717) is 17.1 Å². The van der Waals surface area contributed by atoms with Crippen molar-refractivity contribution in [1.82, 2.24) is 5.32 Å². The van der Waals surface area contributed by atoms with Gasteiger partial charge >= 0.3 is 0 Å². The standard InChI is InChI=1S/C12H14ClIN2O.ClH/c13-9-6-8(2-3-10(9)14)11(17)16-7-12(15)4-1-5-12;/h2-3,6H,1,4-5,7,15H2,(H,16,17);1H. The van der Waals surface area contributed by atoms with E-state index < -0.39 is 0 Å². The molecule has 1 aromatic rings. The van der Waals surface area contributed by atoms with Crippen molar-refractivity contribution in [3.63, 3.8) is 0 Å². The molecule has 0 saturated heterocycles. The van der Waals surface area contributed by atoms with E-state index in [9.17, 15) is 4.79 Å². The number of nitrogens with two attached hydrogens (primary N) is 1. The average molecular weight is 401 g/mol. The Kier molecular flexibility index (Phi) is 5.70. The van der Waals surface area contributed by atoms with Crippen LogP contribution in [0, 0.1) is 3.57 Å². The van der Waals surface area contributed by atoms with Crippen molar-refractivity contribution in [2.75, 3.05) is 6.54 Å². The van der Waals surface area contributed by atoms with Crippen LogP contribution in [-0.2, 0) is 0 Å². The molecule has 1 aromatic carbocycles. The van der Waals surface area contributed by atoms with Crippen LogP contribution in [-0.4, -0.2) is 18.0 Å². The summed E-state index contributed by atoms with van der Waals surface area (Å²) in [5, 5.41) is 3.46. The molecule has 6 heteroatoms. The molecular formula is C12H15Cl2IN2O. The van der Waals surface area contributed by atoms with Crippen LogP contribution in [0.2, 0.25) is 5.02 Å². The number of carbonyl (C=O) groups excluding carboxylic acids is 1. The SMILES string of the molecule is Cl.NC1(CNC(=O)c2ccc(I)c(Cl)c2)CCC1. The lowest BCUT2D eigenvalue weighted by molar-refractivity contribution is 0.0930. The number of hydrogen-bond acceptors (Lipinski definition) is 2. The minimum Gasteiger partial charge on any atom is -0.350 e. The van der Waals surface area contributed by atoms with E-state index in [1.807, 2.05) is 6.07 Å². The van der Waals surface area contributed by atoms with Crippen LogP contribution in [0.5, 0.6) is 0 Å². The number of carbonyl (C=O) groups is 1. The molecule has 0 aliphatic heterocycles. The molecule has 0 radical (unpaired) electrons. The number of hydrogen-bond donors (Lipinski definition) is 2. The fourth-order valence-corrected chi connectivity index (χ4v) is 2.32. The molecule has 0 aromatic heterocycles. The lowest BCUT2D eigenvalue weighted by Crippen LogP contribution is -2.54. The number of halogens is 3. The zero-order chi connectivity index (χ0) is 12.5. The molecule has 1 aliphatic rings. The molecule has 0 spiro atoms. The van der Waals surface area contributed by atoms with Crippen LogP contribution < -0.4 is 11.1 Å². The zero-order valence-corrected chi connectivity index (χ0v) is 13.4. The maximum atomic E-state index is 11.9. The maximum absolute atomic E-state index is 11.9. The Bertz CT molecular complexity index is 450. The van der Waals surface area contributed by atoms with Crippen LogP contribution in [0.25, 0.3) is 0 Å². The Labute approximate surface area is 131 Å². The molecule has 1 amide bonds. The second-order valence-electron chi connectivity index (χ2n) is 4.53. The summed E-state index contributed by atoms with van der Waals surface area (Å²) in [5.41, 5.74) is 6.43. The highest BCUT2D eigenvalue weighted by Gasteiger charge is 2.32. The van der Waals surface area contributed by atoms with Crippen LogP contribution >= 0.6 is 46.6 Å². The molecule has 100 valence electrons. The van der Waals surface area contributed by atoms with Gasteiger partial charge in [0.25, 0.3) is 5.91 Å². The van der Waals surface area contributed by atoms with Gasteiger partial charge in [-0.25, -0.2) is 0 Å². The minimum atomic E-state index is -0.192. The van der Waals surface area contributed by atoms with Crippen LogP contribution in [0.15, 0.2) is 18.2 Å². The third-order valence-corrected chi connectivity index (χ3v) is 4.70. The largest absolute Gasteiger partial charge is 0.350 e. The molecule has 2 rings (SSSR count). The first-order chi connectivity index (χ1) is 8.00. The molecule has 1 fully saturated rings. The summed E-state index contributed by atoms with van der Waals surface area (Å²) in [6, 6.07) is 5.29. The van der Waals surface area contributed by atoms with Crippen LogP contribution in [0.4, 0.5) is 0 Å². The van der Waals surface area contributed by atoms with Crippen LogP contribution in [0.1, 0.15) is 29.6 Å². The monoisotopic (exact) mass is 400 g/mol. The molecule has 0 heterocycles. The zero-order valence-electron chi connectivity index (χ0n) is 9.71. The molecule has 0 unspecified atom stereocenters. The van der Waals surface area contributed by atoms with Crippen molar-refractivity contribution < 1.29 is 4.79 Å². The van der Waals surface area contributed by atoms with Gasteiger partial charge in [-0.15, -0.1) is 12.4 Å². The smallest absolute Gasteiger partial charge is 0.251 e. The Balaban J connectivity index is 0.00000162. The van der Waals surface area contributed by atoms with Crippen molar-refractivity contribution >= 4 is 52.5 Å². The van der Waals surface area contributed by atoms with E-state index in [0.717, 1.165) is 22.8 Å². The summed E-state index contributed by atoms with van der Waals surface area (Å²) < 4.78 is 0.940. The lowest BCUT2D eigenvalue weighted by atomic mass is 9.78.